The SMILES string of the molecule is O=C(c1ccccn1)N1CCC(N=c2cc(Nc3cccc(Cl)c3)nc3c(=Cc4[nH]c(=O)[nH]c4O)cnn23)CC1. The molecule has 0 spiro atoms. The van der Waals surface area contributed by atoms with Gasteiger partial charge in [-0.15, -0.1) is 0 Å². The highest BCUT2D eigenvalue weighted by Crippen LogP contribution is 2.19. The fourth-order valence-electron chi connectivity index (χ4n) is 4.62. The first-order valence-corrected chi connectivity index (χ1v) is 13.0. The average Bonchev–Trinajstić information content (AvgIpc) is 3.50. The molecule has 0 radical (unpaired) electrons. The van der Waals surface area contributed by atoms with Crippen LogP contribution in [-0.4, -0.2) is 64.6 Å². The maximum absolute atomic E-state index is 12.8. The number of H-pyrrole nitrogens is 2. The van der Waals surface area contributed by atoms with Crippen LogP contribution in [0.2, 0.25) is 5.02 Å². The number of nitrogens with one attached hydrogen (secondary N) is 3. The molecule has 1 amide bonds. The minimum Gasteiger partial charge on any atom is -0.493 e. The maximum Gasteiger partial charge on any atom is 0.326 e. The van der Waals surface area contributed by atoms with Crippen LogP contribution < -0.4 is 21.7 Å². The summed E-state index contributed by atoms with van der Waals surface area (Å²) in [6, 6.07) is 14.3. The number of imidazole rings is 1. The molecule has 202 valence electrons. The number of carbonyl (C=O) groups excluding carboxylic acids is 1. The van der Waals surface area contributed by atoms with Crippen LogP contribution >= 0.6 is 11.6 Å². The molecule has 4 aromatic heterocycles. The van der Waals surface area contributed by atoms with Gasteiger partial charge in [0.05, 0.1) is 12.2 Å². The van der Waals surface area contributed by atoms with Crippen LogP contribution in [0.3, 0.4) is 0 Å². The summed E-state index contributed by atoms with van der Waals surface area (Å²) >= 11 is 6.17. The average molecular weight is 558 g/mol. The van der Waals surface area contributed by atoms with E-state index in [-0.39, 0.29) is 23.5 Å². The van der Waals surface area contributed by atoms with Crippen molar-refractivity contribution in [2.45, 2.75) is 18.9 Å². The van der Waals surface area contributed by atoms with E-state index in [4.69, 9.17) is 21.6 Å². The number of hydrogen-bond acceptors (Lipinski definition) is 8. The van der Waals surface area contributed by atoms with E-state index in [9.17, 15) is 14.7 Å². The first kappa shape index (κ1) is 25.3. The van der Waals surface area contributed by atoms with Gasteiger partial charge in [0.25, 0.3) is 5.91 Å². The topological polar surface area (TPSA) is 157 Å². The number of hydrogen-bond donors (Lipinski definition) is 4. The molecule has 0 bridgehead atoms. The number of halogens is 1. The van der Waals surface area contributed by atoms with Gasteiger partial charge in [-0.3, -0.25) is 19.8 Å². The number of fused-ring (bicyclic) bond motifs is 1. The second kappa shape index (κ2) is 10.7. The summed E-state index contributed by atoms with van der Waals surface area (Å²) in [4.78, 5) is 45.0. The van der Waals surface area contributed by atoms with Crippen LogP contribution in [0, 0.1) is 0 Å². The molecule has 40 heavy (non-hydrogen) atoms. The van der Waals surface area contributed by atoms with E-state index >= 15 is 0 Å². The fraction of sp³-hybridized carbons (Fsp3) is 0.185. The smallest absolute Gasteiger partial charge is 0.326 e. The van der Waals surface area contributed by atoms with Crippen LogP contribution in [0.5, 0.6) is 5.88 Å². The summed E-state index contributed by atoms with van der Waals surface area (Å²) in [5.41, 5.74) is 1.89. The Morgan fingerprint density at radius 2 is 2.00 bits per heavy atom. The number of benzene rings is 1. The molecule has 0 unspecified atom stereocenters. The molecular formula is C27H24ClN9O3. The lowest BCUT2D eigenvalue weighted by Crippen LogP contribution is -2.40. The Hall–Kier alpha value is -4.97. The van der Waals surface area contributed by atoms with Gasteiger partial charge in [-0.05, 0) is 49.2 Å². The Bertz CT molecular complexity index is 1870. The van der Waals surface area contributed by atoms with Crippen molar-refractivity contribution in [3.8, 4) is 5.88 Å². The zero-order valence-electron chi connectivity index (χ0n) is 21.1. The quantitative estimate of drug-likeness (QED) is 0.257. The highest BCUT2D eigenvalue weighted by atomic mass is 35.5. The Morgan fingerprint density at radius 3 is 2.73 bits per heavy atom. The molecule has 1 aliphatic rings. The second-order valence-corrected chi connectivity index (χ2v) is 9.76. The first-order valence-electron chi connectivity index (χ1n) is 12.6. The number of aromatic nitrogens is 6. The Balaban J connectivity index is 1.36. The van der Waals surface area contributed by atoms with Crippen LogP contribution in [0.15, 0.2) is 70.7 Å². The minimum absolute atomic E-state index is 0.0425. The molecule has 0 saturated carbocycles. The van der Waals surface area contributed by atoms with E-state index in [2.05, 4.69) is 25.4 Å². The van der Waals surface area contributed by atoms with Gasteiger partial charge >= 0.3 is 5.69 Å². The van der Waals surface area contributed by atoms with Crippen LogP contribution in [0.1, 0.15) is 29.0 Å². The third-order valence-corrected chi connectivity index (χ3v) is 6.80. The number of aromatic amines is 2. The number of piperidine rings is 1. The number of carbonyl (C=O) groups is 1. The maximum atomic E-state index is 12.8. The van der Waals surface area contributed by atoms with Crippen LogP contribution in [0.25, 0.3) is 11.7 Å². The molecule has 12 nitrogen and oxygen atoms in total. The van der Waals surface area contributed by atoms with Gasteiger partial charge < -0.3 is 20.3 Å². The van der Waals surface area contributed by atoms with Crippen molar-refractivity contribution in [1.82, 2.24) is 34.4 Å². The Labute approximate surface area is 231 Å². The summed E-state index contributed by atoms with van der Waals surface area (Å²) < 4.78 is 1.61. The van der Waals surface area contributed by atoms with E-state index < -0.39 is 5.69 Å². The van der Waals surface area contributed by atoms with Crippen molar-refractivity contribution >= 4 is 40.7 Å². The molecule has 0 atom stereocenters. The van der Waals surface area contributed by atoms with Crippen LogP contribution in [0.4, 0.5) is 11.5 Å². The first-order chi connectivity index (χ1) is 19.4. The summed E-state index contributed by atoms with van der Waals surface area (Å²) in [6.45, 7) is 1.12. The zero-order chi connectivity index (χ0) is 27.6. The van der Waals surface area contributed by atoms with Gasteiger partial charge in [0.1, 0.15) is 17.2 Å². The number of anilines is 2. The third-order valence-electron chi connectivity index (χ3n) is 6.56. The summed E-state index contributed by atoms with van der Waals surface area (Å²) in [7, 11) is 0. The van der Waals surface area contributed by atoms with E-state index in [1.165, 1.54) is 0 Å². The number of pyridine rings is 1. The molecule has 5 heterocycles. The standard InChI is InChI=1S/C27H24ClN9O3/c28-17-4-3-5-19(13-17)31-22-14-23(32-18-7-10-36(11-8-18)26(39)20-6-1-2-9-29-20)37-24(34-22)16(15-30-37)12-21-25(38)35-27(40)33-21/h1-6,9,12-15,18,31,38H,7-8,10-11H2,(H2,33,35,40). The summed E-state index contributed by atoms with van der Waals surface area (Å²) in [5, 5.41) is 18.9. The van der Waals surface area contributed by atoms with Crippen molar-refractivity contribution in [2.24, 2.45) is 4.99 Å². The highest BCUT2D eigenvalue weighted by molar-refractivity contribution is 6.30. The molecule has 1 saturated heterocycles. The van der Waals surface area contributed by atoms with Crippen molar-refractivity contribution in [3.05, 3.63) is 98.5 Å². The lowest BCUT2D eigenvalue weighted by Gasteiger charge is -2.30. The molecule has 1 aliphatic heterocycles. The van der Waals surface area contributed by atoms with E-state index in [0.717, 1.165) is 5.69 Å². The molecule has 0 aliphatic carbocycles. The van der Waals surface area contributed by atoms with Crippen LogP contribution in [-0.2, 0) is 0 Å². The van der Waals surface area contributed by atoms with E-state index in [1.54, 1.807) is 64.3 Å². The number of amides is 1. The fourth-order valence-corrected chi connectivity index (χ4v) is 4.81. The molecule has 6 rings (SSSR count). The lowest BCUT2D eigenvalue weighted by atomic mass is 10.1. The number of likely N-dealkylation sites (tertiary alicyclic amines) is 1. The number of nitrogens with zero attached hydrogens (tertiary/aromatic N) is 6. The van der Waals surface area contributed by atoms with Crippen molar-refractivity contribution in [3.63, 3.8) is 0 Å². The van der Waals surface area contributed by atoms with E-state index in [1.807, 2.05) is 12.1 Å². The number of rotatable bonds is 5. The van der Waals surface area contributed by atoms with E-state index in [0.29, 0.717) is 58.8 Å². The van der Waals surface area contributed by atoms with Gasteiger partial charge in [-0.25, -0.2) is 9.78 Å². The lowest BCUT2D eigenvalue weighted by molar-refractivity contribution is 0.0708. The molecule has 4 N–H and O–H groups in total. The highest BCUT2D eigenvalue weighted by Gasteiger charge is 2.24. The largest absolute Gasteiger partial charge is 0.493 e. The minimum atomic E-state index is -0.528. The predicted molar refractivity (Wildman–Crippen MR) is 148 cm³/mol. The van der Waals surface area contributed by atoms with Crippen molar-refractivity contribution < 1.29 is 9.90 Å². The molecule has 13 heteroatoms. The second-order valence-electron chi connectivity index (χ2n) is 9.32. The van der Waals surface area contributed by atoms with Crippen molar-refractivity contribution in [2.75, 3.05) is 18.4 Å². The summed E-state index contributed by atoms with van der Waals surface area (Å²) in [5.74, 6) is 0.143. The van der Waals surface area contributed by atoms with Crippen molar-refractivity contribution in [1.29, 1.82) is 0 Å². The molecular weight excluding hydrogens is 534 g/mol. The monoisotopic (exact) mass is 557 g/mol. The predicted octanol–water partition coefficient (Wildman–Crippen LogP) is 2.00. The zero-order valence-corrected chi connectivity index (χ0v) is 21.8. The number of aromatic hydroxyl groups is 1. The summed E-state index contributed by atoms with van der Waals surface area (Å²) in [6.07, 6.45) is 6.14. The van der Waals surface area contributed by atoms with Gasteiger partial charge in [-0.1, -0.05) is 23.7 Å². The third kappa shape index (κ3) is 5.29. The van der Waals surface area contributed by atoms with Gasteiger partial charge in [-0.2, -0.15) is 9.61 Å². The molecule has 5 aromatic rings. The van der Waals surface area contributed by atoms with Gasteiger partial charge in [0, 0.05) is 41.3 Å². The molecule has 1 fully saturated rings. The molecule has 1 aromatic carbocycles. The van der Waals surface area contributed by atoms with Gasteiger partial charge in [0.2, 0.25) is 5.88 Å². The Kier molecular flexibility index (Phi) is 6.74. The normalized spacial score (nSPS) is 15.2. The Morgan fingerprint density at radius 1 is 1.15 bits per heavy atom. The van der Waals surface area contributed by atoms with Gasteiger partial charge in [0.15, 0.2) is 11.1 Å².